The largest absolute Gasteiger partial charge is 0.494 e. The fourth-order valence-electron chi connectivity index (χ4n) is 7.84. The molecule has 2 unspecified atom stereocenters. The topological polar surface area (TPSA) is 104 Å². The van der Waals surface area contributed by atoms with Gasteiger partial charge in [0, 0.05) is 49.2 Å². The Labute approximate surface area is 226 Å². The fourth-order valence-corrected chi connectivity index (χ4v) is 7.84. The Morgan fingerprint density at radius 3 is 2.87 bits per heavy atom. The van der Waals surface area contributed by atoms with Crippen molar-refractivity contribution in [3.63, 3.8) is 0 Å². The Morgan fingerprint density at radius 1 is 1.26 bits per heavy atom. The van der Waals surface area contributed by atoms with Crippen LogP contribution in [0.2, 0.25) is 0 Å². The van der Waals surface area contributed by atoms with Gasteiger partial charge >= 0.3 is 0 Å². The molecule has 8 rings (SSSR count). The number of methoxy groups -OCH3 is 1. The molecule has 1 aromatic carbocycles. The summed E-state index contributed by atoms with van der Waals surface area (Å²) in [6, 6.07) is 10.3. The molecule has 4 aromatic rings. The number of nitrogens with two attached hydrogens (primary N) is 1. The summed E-state index contributed by atoms with van der Waals surface area (Å²) < 4.78 is 10.2. The van der Waals surface area contributed by atoms with Crippen molar-refractivity contribution in [1.82, 2.24) is 24.0 Å². The molecule has 4 aliphatic rings. The summed E-state index contributed by atoms with van der Waals surface area (Å²) in [5.41, 5.74) is 10.2. The minimum absolute atomic E-state index is 0.0332. The molecule has 0 bridgehead atoms. The molecule has 4 atom stereocenters. The smallest absolute Gasteiger partial charge is 0.254 e. The molecule has 3 saturated carbocycles. The first-order valence-corrected chi connectivity index (χ1v) is 14.0. The van der Waals surface area contributed by atoms with E-state index >= 15 is 0 Å². The highest BCUT2D eigenvalue weighted by Crippen LogP contribution is 2.65. The van der Waals surface area contributed by atoms with Crippen molar-refractivity contribution in [3.8, 4) is 17.3 Å². The zero-order valence-corrected chi connectivity index (χ0v) is 22.6. The number of nitrogens with zero attached hydrogens (tertiary/aromatic N) is 6. The second-order valence-electron chi connectivity index (χ2n) is 12.1. The van der Waals surface area contributed by atoms with Crippen LogP contribution >= 0.6 is 0 Å². The van der Waals surface area contributed by atoms with Crippen molar-refractivity contribution in [3.05, 3.63) is 42.1 Å². The van der Waals surface area contributed by atoms with E-state index in [2.05, 4.69) is 26.2 Å². The van der Waals surface area contributed by atoms with Gasteiger partial charge in [-0.1, -0.05) is 0 Å². The Balaban J connectivity index is 1.18. The van der Waals surface area contributed by atoms with Crippen LogP contribution in [0.15, 0.2) is 41.5 Å². The molecule has 39 heavy (non-hydrogen) atoms. The van der Waals surface area contributed by atoms with Gasteiger partial charge in [-0.05, 0) is 74.8 Å². The lowest BCUT2D eigenvalue weighted by atomic mass is 9.47. The van der Waals surface area contributed by atoms with Crippen molar-refractivity contribution in [2.24, 2.45) is 35.5 Å². The lowest BCUT2D eigenvalue weighted by Crippen LogP contribution is -2.67. The molecule has 9 heteroatoms. The molecule has 1 amide bonds. The summed E-state index contributed by atoms with van der Waals surface area (Å²) in [5, 5.41) is 1.11. The first-order chi connectivity index (χ1) is 18.9. The number of carbonyl (C=O) groups excluding carboxylic acids is 1. The van der Waals surface area contributed by atoms with E-state index in [0.717, 1.165) is 59.5 Å². The molecule has 4 fully saturated rings. The number of likely N-dealkylation sites (tertiary alicyclic amines) is 1. The van der Waals surface area contributed by atoms with Gasteiger partial charge in [0.2, 0.25) is 0 Å². The molecule has 1 aliphatic heterocycles. The Kier molecular flexibility index (Phi) is 4.63. The summed E-state index contributed by atoms with van der Waals surface area (Å²) in [5.74, 6) is 3.85. The highest BCUT2D eigenvalue weighted by molar-refractivity contribution is 6.00. The van der Waals surface area contributed by atoms with E-state index in [1.807, 2.05) is 38.4 Å². The second kappa shape index (κ2) is 7.83. The number of amidine groups is 1. The number of carbonyl (C=O) groups is 1. The number of aromatic nitrogens is 4. The van der Waals surface area contributed by atoms with E-state index in [1.54, 1.807) is 7.11 Å². The Hall–Kier alpha value is -3.88. The highest BCUT2D eigenvalue weighted by atomic mass is 16.5. The van der Waals surface area contributed by atoms with E-state index < -0.39 is 0 Å². The van der Waals surface area contributed by atoms with Crippen LogP contribution in [0, 0.1) is 17.8 Å². The summed E-state index contributed by atoms with van der Waals surface area (Å²) in [4.78, 5) is 30.5. The number of amides is 1. The van der Waals surface area contributed by atoms with E-state index in [4.69, 9.17) is 25.4 Å². The number of hydrogen-bond donors (Lipinski definition) is 1. The maximum atomic E-state index is 13.9. The summed E-state index contributed by atoms with van der Waals surface area (Å²) in [6.45, 7) is 3.59. The van der Waals surface area contributed by atoms with Gasteiger partial charge in [0.25, 0.3) is 5.91 Å². The average Bonchev–Trinajstić information content (AvgIpc) is 3.54. The third-order valence-corrected chi connectivity index (χ3v) is 9.64. The number of benzene rings is 1. The SMILES string of the molecule is COc1cc(C(=O)N2CC3CC4(N=C(C)N)C[C@@H]2[C@@H]34)cc2nc(-c3cc4cccnc4n3CC3CC3)n(C)c12. The predicted octanol–water partition coefficient (Wildman–Crippen LogP) is 3.99. The van der Waals surface area contributed by atoms with Gasteiger partial charge in [-0.15, -0.1) is 0 Å². The first kappa shape index (κ1) is 23.0. The van der Waals surface area contributed by atoms with Crippen LogP contribution < -0.4 is 10.5 Å². The van der Waals surface area contributed by atoms with Crippen LogP contribution in [0.5, 0.6) is 5.75 Å². The van der Waals surface area contributed by atoms with Crippen LogP contribution in [0.25, 0.3) is 33.6 Å². The second-order valence-corrected chi connectivity index (χ2v) is 12.1. The standard InChI is InChI=1S/C30H33N7O2/c1-16(31)34-30-12-20-15-37(23(13-30)25(20)30)29(38)19-9-21-26(24(11-19)39-3)35(2)28(33-21)22-10-18-5-4-8-32-27(18)36(22)14-17-6-7-17/h4-5,8-11,17,20,23,25H,6-7,12-15H2,1-3H3,(H2,31,34)/t20?,23-,25-,30?/m1/s1. The molecule has 0 spiro atoms. The molecule has 4 heterocycles. The summed E-state index contributed by atoms with van der Waals surface area (Å²) in [6.07, 6.45) is 6.30. The normalized spacial score (nSPS) is 27.5. The quantitative estimate of drug-likeness (QED) is 0.304. The van der Waals surface area contributed by atoms with Crippen molar-refractivity contribution >= 4 is 33.8 Å². The molecule has 3 aliphatic carbocycles. The molecule has 1 saturated heterocycles. The number of fused-ring (bicyclic) bond motifs is 2. The van der Waals surface area contributed by atoms with Crippen LogP contribution in [0.3, 0.4) is 0 Å². The van der Waals surface area contributed by atoms with Crippen LogP contribution in [0.4, 0.5) is 0 Å². The summed E-state index contributed by atoms with van der Waals surface area (Å²) >= 11 is 0. The predicted molar refractivity (Wildman–Crippen MR) is 150 cm³/mol. The number of hydrogen-bond acceptors (Lipinski definition) is 5. The molecule has 3 aromatic heterocycles. The zero-order valence-electron chi connectivity index (χ0n) is 22.6. The lowest BCUT2D eigenvalue weighted by Gasteiger charge is -2.60. The van der Waals surface area contributed by atoms with Crippen molar-refractivity contribution in [1.29, 1.82) is 0 Å². The van der Waals surface area contributed by atoms with Crippen molar-refractivity contribution < 1.29 is 9.53 Å². The fraction of sp³-hybridized carbons (Fsp3) is 0.467. The Morgan fingerprint density at radius 2 is 2.10 bits per heavy atom. The zero-order chi connectivity index (χ0) is 26.6. The molecular formula is C30H33N7O2. The van der Waals surface area contributed by atoms with Gasteiger partial charge in [-0.3, -0.25) is 9.79 Å². The highest BCUT2D eigenvalue weighted by Gasteiger charge is 2.71. The van der Waals surface area contributed by atoms with Crippen LogP contribution in [-0.4, -0.2) is 61.0 Å². The van der Waals surface area contributed by atoms with Gasteiger partial charge in [-0.25, -0.2) is 9.97 Å². The van der Waals surface area contributed by atoms with Gasteiger partial charge in [0.05, 0.1) is 29.7 Å². The van der Waals surface area contributed by atoms with E-state index in [0.29, 0.717) is 34.9 Å². The molecule has 2 N–H and O–H groups in total. The van der Waals surface area contributed by atoms with Gasteiger partial charge in [-0.2, -0.15) is 0 Å². The van der Waals surface area contributed by atoms with Gasteiger partial charge in [0.15, 0.2) is 5.82 Å². The number of pyridine rings is 1. The lowest BCUT2D eigenvalue weighted by molar-refractivity contribution is -0.0475. The van der Waals surface area contributed by atoms with Crippen molar-refractivity contribution in [2.75, 3.05) is 13.7 Å². The van der Waals surface area contributed by atoms with E-state index in [1.165, 1.54) is 12.8 Å². The number of rotatable bonds is 6. The van der Waals surface area contributed by atoms with E-state index in [-0.39, 0.29) is 17.5 Å². The average molecular weight is 524 g/mol. The van der Waals surface area contributed by atoms with Crippen LogP contribution in [0.1, 0.15) is 43.0 Å². The molecule has 0 radical (unpaired) electrons. The number of aryl methyl sites for hydroxylation is 1. The third kappa shape index (κ3) is 3.19. The minimum atomic E-state index is -0.0332. The van der Waals surface area contributed by atoms with Crippen molar-refractivity contribution in [2.45, 2.75) is 50.7 Å². The number of aliphatic imine (C=N–C) groups is 1. The number of imidazole rings is 1. The third-order valence-electron chi connectivity index (χ3n) is 9.64. The molecular weight excluding hydrogens is 490 g/mol. The summed E-state index contributed by atoms with van der Waals surface area (Å²) in [7, 11) is 3.68. The number of ether oxygens (including phenoxy) is 1. The van der Waals surface area contributed by atoms with Gasteiger partial charge < -0.3 is 24.5 Å². The Bertz CT molecular complexity index is 1710. The first-order valence-electron chi connectivity index (χ1n) is 14.0. The van der Waals surface area contributed by atoms with E-state index in [9.17, 15) is 4.79 Å². The van der Waals surface area contributed by atoms with Gasteiger partial charge in [0.1, 0.15) is 16.9 Å². The van der Waals surface area contributed by atoms with Crippen LogP contribution in [-0.2, 0) is 13.6 Å². The maximum Gasteiger partial charge on any atom is 0.254 e. The molecule has 9 nitrogen and oxygen atoms in total. The maximum absolute atomic E-state index is 13.9. The molecule has 200 valence electrons. The minimum Gasteiger partial charge on any atom is -0.494 e. The monoisotopic (exact) mass is 523 g/mol.